The molecule has 0 radical (unpaired) electrons. The third-order valence-electron chi connectivity index (χ3n) is 4.22. The van der Waals surface area contributed by atoms with Crippen molar-refractivity contribution in [3.63, 3.8) is 0 Å². The fourth-order valence-corrected chi connectivity index (χ4v) is 2.87. The first kappa shape index (κ1) is 20.0. The number of nitrogens with one attached hydrogen (secondary N) is 2. The number of carbonyl (C=O) groups is 1. The van der Waals surface area contributed by atoms with Gasteiger partial charge in [-0.15, -0.1) is 0 Å². The molecule has 1 heterocycles. The summed E-state index contributed by atoms with van der Waals surface area (Å²) in [6.07, 6.45) is 1.57. The van der Waals surface area contributed by atoms with Crippen LogP contribution in [-0.4, -0.2) is 32.2 Å². The Labute approximate surface area is 169 Å². The number of anilines is 3. The fraction of sp³-hybridized carbons (Fsp3) is 0.182. The quantitative estimate of drug-likeness (QED) is 0.619. The van der Waals surface area contributed by atoms with E-state index >= 15 is 0 Å². The third kappa shape index (κ3) is 4.76. The number of hydrogen-bond acceptors (Lipinski definition) is 6. The van der Waals surface area contributed by atoms with Crippen LogP contribution >= 0.6 is 0 Å². The van der Waals surface area contributed by atoms with Crippen molar-refractivity contribution in [2.75, 3.05) is 32.0 Å². The van der Waals surface area contributed by atoms with E-state index in [1.54, 1.807) is 51.8 Å². The monoisotopic (exact) mass is 393 g/mol. The van der Waals surface area contributed by atoms with Gasteiger partial charge in [-0.05, 0) is 36.8 Å². The molecule has 3 aromatic rings. The van der Waals surface area contributed by atoms with E-state index < -0.39 is 0 Å². The van der Waals surface area contributed by atoms with E-state index in [-0.39, 0.29) is 5.91 Å². The lowest BCUT2D eigenvalue weighted by Crippen LogP contribution is -2.13. The van der Waals surface area contributed by atoms with E-state index in [1.807, 2.05) is 31.2 Å². The molecule has 7 heteroatoms. The molecule has 0 fully saturated rings. The first-order valence-electron chi connectivity index (χ1n) is 8.95. The zero-order chi connectivity index (χ0) is 20.8. The van der Waals surface area contributed by atoms with Crippen molar-refractivity contribution < 1.29 is 19.0 Å². The van der Waals surface area contributed by atoms with Crippen LogP contribution < -0.4 is 24.8 Å². The lowest BCUT2D eigenvalue weighted by atomic mass is 10.2. The SMILES string of the molecule is COc1cc(Nc2ccnc(C(=O)Nc3cccc(C)c3)c2)cc(OC)c1OC. The molecule has 29 heavy (non-hydrogen) atoms. The molecule has 0 spiro atoms. The summed E-state index contributed by atoms with van der Waals surface area (Å²) in [6.45, 7) is 1.97. The Morgan fingerprint density at radius 3 is 2.21 bits per heavy atom. The molecule has 2 N–H and O–H groups in total. The summed E-state index contributed by atoms with van der Waals surface area (Å²) in [5.74, 6) is 1.28. The topological polar surface area (TPSA) is 81.7 Å². The number of benzene rings is 2. The van der Waals surface area contributed by atoms with Crippen LogP contribution in [0.2, 0.25) is 0 Å². The average Bonchev–Trinajstić information content (AvgIpc) is 2.73. The van der Waals surface area contributed by atoms with Crippen LogP contribution in [0.3, 0.4) is 0 Å². The number of methoxy groups -OCH3 is 3. The van der Waals surface area contributed by atoms with Crippen molar-refractivity contribution >= 4 is 23.0 Å². The maximum atomic E-state index is 12.6. The molecule has 7 nitrogen and oxygen atoms in total. The van der Waals surface area contributed by atoms with Crippen molar-refractivity contribution in [3.05, 3.63) is 66.0 Å². The minimum atomic E-state index is -0.288. The summed E-state index contributed by atoms with van der Waals surface area (Å²) in [5.41, 5.74) is 3.50. The molecular weight excluding hydrogens is 370 g/mol. The van der Waals surface area contributed by atoms with Crippen molar-refractivity contribution in [1.29, 1.82) is 0 Å². The van der Waals surface area contributed by atoms with E-state index in [1.165, 1.54) is 0 Å². The lowest BCUT2D eigenvalue weighted by Gasteiger charge is -2.15. The normalized spacial score (nSPS) is 10.2. The number of aromatic nitrogens is 1. The number of hydrogen-bond donors (Lipinski definition) is 2. The number of pyridine rings is 1. The van der Waals surface area contributed by atoms with Gasteiger partial charge in [0.05, 0.1) is 21.3 Å². The van der Waals surface area contributed by atoms with E-state index in [0.717, 1.165) is 16.9 Å². The zero-order valence-electron chi connectivity index (χ0n) is 16.8. The van der Waals surface area contributed by atoms with Crippen molar-refractivity contribution in [1.82, 2.24) is 4.98 Å². The third-order valence-corrected chi connectivity index (χ3v) is 4.22. The molecule has 3 rings (SSSR count). The Bertz CT molecular complexity index is 995. The summed E-state index contributed by atoms with van der Waals surface area (Å²) < 4.78 is 16.1. The molecule has 0 saturated carbocycles. The predicted molar refractivity (Wildman–Crippen MR) is 113 cm³/mol. The summed E-state index contributed by atoms with van der Waals surface area (Å²) in [5, 5.41) is 6.09. The molecule has 0 bridgehead atoms. The zero-order valence-corrected chi connectivity index (χ0v) is 16.8. The molecule has 1 aromatic heterocycles. The molecule has 0 aliphatic heterocycles. The summed E-state index contributed by atoms with van der Waals surface area (Å²) in [7, 11) is 4.66. The maximum Gasteiger partial charge on any atom is 0.274 e. The van der Waals surface area contributed by atoms with Gasteiger partial charge in [0.25, 0.3) is 5.91 Å². The van der Waals surface area contributed by atoms with E-state index in [9.17, 15) is 4.79 Å². The van der Waals surface area contributed by atoms with Crippen LogP contribution in [0.4, 0.5) is 17.1 Å². The van der Waals surface area contributed by atoms with Crippen LogP contribution in [0.1, 0.15) is 16.1 Å². The first-order chi connectivity index (χ1) is 14.0. The van der Waals surface area contributed by atoms with Gasteiger partial charge in [0.2, 0.25) is 5.75 Å². The second-order valence-corrected chi connectivity index (χ2v) is 6.29. The highest BCUT2D eigenvalue weighted by molar-refractivity contribution is 6.03. The average molecular weight is 393 g/mol. The predicted octanol–water partition coefficient (Wildman–Crippen LogP) is 4.41. The van der Waals surface area contributed by atoms with Crippen molar-refractivity contribution in [2.24, 2.45) is 0 Å². The van der Waals surface area contributed by atoms with Crippen LogP contribution in [0.5, 0.6) is 17.2 Å². The number of aryl methyl sites for hydroxylation is 1. The maximum absolute atomic E-state index is 12.6. The number of nitrogens with zero attached hydrogens (tertiary/aromatic N) is 1. The Morgan fingerprint density at radius 1 is 0.862 bits per heavy atom. The van der Waals surface area contributed by atoms with Crippen LogP contribution in [-0.2, 0) is 0 Å². The summed E-state index contributed by atoms with van der Waals surface area (Å²) >= 11 is 0. The van der Waals surface area contributed by atoms with Crippen LogP contribution in [0.25, 0.3) is 0 Å². The van der Waals surface area contributed by atoms with Gasteiger partial charge in [0.1, 0.15) is 5.69 Å². The molecule has 1 amide bonds. The van der Waals surface area contributed by atoms with Gasteiger partial charge in [-0.2, -0.15) is 0 Å². The second-order valence-electron chi connectivity index (χ2n) is 6.29. The molecule has 0 unspecified atom stereocenters. The van der Waals surface area contributed by atoms with E-state index in [2.05, 4.69) is 15.6 Å². The van der Waals surface area contributed by atoms with E-state index in [4.69, 9.17) is 14.2 Å². The smallest absolute Gasteiger partial charge is 0.274 e. The molecule has 0 aliphatic carbocycles. The highest BCUT2D eigenvalue weighted by atomic mass is 16.5. The Kier molecular flexibility index (Phi) is 6.19. The molecule has 0 aliphatic rings. The van der Waals surface area contributed by atoms with Gasteiger partial charge in [-0.25, -0.2) is 0 Å². The fourth-order valence-electron chi connectivity index (χ4n) is 2.87. The lowest BCUT2D eigenvalue weighted by molar-refractivity contribution is 0.102. The highest BCUT2D eigenvalue weighted by Gasteiger charge is 2.14. The molecule has 0 saturated heterocycles. The second kappa shape index (κ2) is 8.97. The molecule has 2 aromatic carbocycles. The summed E-state index contributed by atoms with van der Waals surface area (Å²) in [6, 6.07) is 14.6. The molecule has 0 atom stereocenters. The number of ether oxygens (including phenoxy) is 3. The van der Waals surface area contributed by atoms with Gasteiger partial charge in [0.15, 0.2) is 11.5 Å². The van der Waals surface area contributed by atoms with Crippen molar-refractivity contribution in [2.45, 2.75) is 6.92 Å². The highest BCUT2D eigenvalue weighted by Crippen LogP contribution is 2.40. The molecular formula is C22H23N3O4. The van der Waals surface area contributed by atoms with Gasteiger partial charge in [-0.3, -0.25) is 9.78 Å². The van der Waals surface area contributed by atoms with E-state index in [0.29, 0.717) is 28.6 Å². The Morgan fingerprint density at radius 2 is 1.59 bits per heavy atom. The standard InChI is InChI=1S/C22H23N3O4/c1-14-6-5-7-15(10-14)25-22(26)18-11-16(8-9-23-18)24-17-12-19(27-2)21(29-4)20(13-17)28-3/h5-13H,1-4H3,(H,23,24)(H,25,26). The first-order valence-corrected chi connectivity index (χ1v) is 8.95. The molecule has 150 valence electrons. The minimum absolute atomic E-state index is 0.288. The van der Waals surface area contributed by atoms with Crippen LogP contribution in [0.15, 0.2) is 54.7 Å². The minimum Gasteiger partial charge on any atom is -0.493 e. The summed E-state index contributed by atoms with van der Waals surface area (Å²) in [4.78, 5) is 16.7. The van der Waals surface area contributed by atoms with Crippen molar-refractivity contribution in [3.8, 4) is 17.2 Å². The van der Waals surface area contributed by atoms with Gasteiger partial charge in [0, 0.05) is 35.4 Å². The largest absolute Gasteiger partial charge is 0.493 e. The number of carbonyl (C=O) groups excluding carboxylic acids is 1. The van der Waals surface area contributed by atoms with Gasteiger partial charge < -0.3 is 24.8 Å². The van der Waals surface area contributed by atoms with Gasteiger partial charge >= 0.3 is 0 Å². The number of rotatable bonds is 7. The van der Waals surface area contributed by atoms with Crippen LogP contribution in [0, 0.1) is 6.92 Å². The Balaban J connectivity index is 1.82. The Hall–Kier alpha value is -3.74. The van der Waals surface area contributed by atoms with Gasteiger partial charge in [-0.1, -0.05) is 12.1 Å². The number of amides is 1.